The normalized spacial score (nSPS) is 10.4. The molecule has 0 saturated heterocycles. The number of aromatic nitrogens is 1. The lowest BCUT2D eigenvalue weighted by molar-refractivity contribution is -0.116. The predicted octanol–water partition coefficient (Wildman–Crippen LogP) is 2.55. The summed E-state index contributed by atoms with van der Waals surface area (Å²) in [6.07, 6.45) is 1.15. The molecule has 3 N–H and O–H groups in total. The van der Waals surface area contributed by atoms with Gasteiger partial charge in [0.15, 0.2) is 5.13 Å². The summed E-state index contributed by atoms with van der Waals surface area (Å²) in [5.74, 6) is -0.0254. The number of nitrogens with one attached hydrogen (secondary N) is 1. The van der Waals surface area contributed by atoms with Gasteiger partial charge in [0.1, 0.15) is 0 Å². The number of nitrogens with zero attached hydrogens (tertiary/aromatic N) is 1. The zero-order valence-corrected chi connectivity index (χ0v) is 10.8. The second-order valence-electron chi connectivity index (χ2n) is 3.46. The number of thiazole rings is 1. The minimum atomic E-state index is -0.0254. The predicted molar refractivity (Wildman–Crippen MR) is 72.3 cm³/mol. The minimum absolute atomic E-state index is 0.0254. The maximum absolute atomic E-state index is 11.5. The number of nitrogens with two attached hydrogens (primary N) is 1. The first-order chi connectivity index (χ1) is 8.29. The molecule has 0 spiro atoms. The number of thiophene rings is 1. The van der Waals surface area contributed by atoms with Crippen LogP contribution in [0.2, 0.25) is 0 Å². The van der Waals surface area contributed by atoms with Crippen molar-refractivity contribution in [2.75, 3.05) is 11.9 Å². The maximum Gasteiger partial charge on any atom is 0.226 e. The first kappa shape index (κ1) is 12.2. The molecule has 0 aliphatic carbocycles. The topological polar surface area (TPSA) is 68.0 Å². The molecule has 2 aromatic heterocycles. The molecule has 0 aliphatic rings. The van der Waals surface area contributed by atoms with Gasteiger partial charge in [0.05, 0.1) is 10.6 Å². The van der Waals surface area contributed by atoms with E-state index in [1.54, 1.807) is 11.3 Å². The standard InChI is InChI=1S/C11H13N3OS2/c12-5-1-4-10(15)14-11-13-8(7-17-11)9-3-2-6-16-9/h2-3,6-7H,1,4-5,12H2,(H,13,14,15). The van der Waals surface area contributed by atoms with Gasteiger partial charge in [0, 0.05) is 11.8 Å². The van der Waals surface area contributed by atoms with Crippen LogP contribution in [0, 0.1) is 0 Å². The Kier molecular flexibility index (Phi) is 4.24. The second kappa shape index (κ2) is 5.90. The highest BCUT2D eigenvalue weighted by Crippen LogP contribution is 2.28. The summed E-state index contributed by atoms with van der Waals surface area (Å²) in [5.41, 5.74) is 6.26. The van der Waals surface area contributed by atoms with Crippen molar-refractivity contribution in [3.05, 3.63) is 22.9 Å². The quantitative estimate of drug-likeness (QED) is 0.874. The number of carbonyl (C=O) groups is 1. The molecule has 1 amide bonds. The Hall–Kier alpha value is -1.24. The van der Waals surface area contributed by atoms with Crippen LogP contribution in [-0.4, -0.2) is 17.4 Å². The molecule has 4 nitrogen and oxygen atoms in total. The van der Waals surface area contributed by atoms with Gasteiger partial charge in [-0.25, -0.2) is 4.98 Å². The zero-order chi connectivity index (χ0) is 12.1. The van der Waals surface area contributed by atoms with Crippen molar-refractivity contribution in [2.45, 2.75) is 12.8 Å². The molecule has 0 atom stereocenters. The maximum atomic E-state index is 11.5. The number of hydrogen-bond donors (Lipinski definition) is 2. The summed E-state index contributed by atoms with van der Waals surface area (Å²) in [7, 11) is 0. The molecule has 0 fully saturated rings. The van der Waals surface area contributed by atoms with E-state index < -0.39 is 0 Å². The van der Waals surface area contributed by atoms with Gasteiger partial charge in [-0.15, -0.1) is 22.7 Å². The van der Waals surface area contributed by atoms with Gasteiger partial charge in [0.2, 0.25) is 5.91 Å². The monoisotopic (exact) mass is 267 g/mol. The summed E-state index contributed by atoms with van der Waals surface area (Å²) >= 11 is 3.08. The molecule has 0 radical (unpaired) electrons. The van der Waals surface area contributed by atoms with E-state index in [9.17, 15) is 4.79 Å². The van der Waals surface area contributed by atoms with Gasteiger partial charge in [0.25, 0.3) is 0 Å². The van der Waals surface area contributed by atoms with Crippen molar-refractivity contribution in [3.8, 4) is 10.6 Å². The number of rotatable bonds is 5. The van der Waals surface area contributed by atoms with Crippen LogP contribution in [-0.2, 0) is 4.79 Å². The molecule has 2 heterocycles. The first-order valence-electron chi connectivity index (χ1n) is 5.29. The Morgan fingerprint density at radius 1 is 1.47 bits per heavy atom. The molecule has 0 unspecified atom stereocenters. The first-order valence-corrected chi connectivity index (χ1v) is 7.05. The summed E-state index contributed by atoms with van der Waals surface area (Å²) in [6, 6.07) is 4.00. The van der Waals surface area contributed by atoms with Gasteiger partial charge in [-0.1, -0.05) is 6.07 Å². The Bertz CT molecular complexity index is 479. The van der Waals surface area contributed by atoms with Crippen molar-refractivity contribution in [1.82, 2.24) is 4.98 Å². The van der Waals surface area contributed by atoms with Crippen LogP contribution in [0.15, 0.2) is 22.9 Å². The molecular formula is C11H13N3OS2. The van der Waals surface area contributed by atoms with E-state index in [0.717, 1.165) is 10.6 Å². The molecule has 90 valence electrons. The second-order valence-corrected chi connectivity index (χ2v) is 5.26. The van der Waals surface area contributed by atoms with Gasteiger partial charge in [-0.2, -0.15) is 0 Å². The number of amides is 1. The van der Waals surface area contributed by atoms with Crippen molar-refractivity contribution in [1.29, 1.82) is 0 Å². The number of anilines is 1. The van der Waals surface area contributed by atoms with Crippen molar-refractivity contribution >= 4 is 33.7 Å². The van der Waals surface area contributed by atoms with Crippen molar-refractivity contribution in [2.24, 2.45) is 5.73 Å². The molecule has 0 aromatic carbocycles. The fraction of sp³-hybridized carbons (Fsp3) is 0.273. The SMILES string of the molecule is NCCCC(=O)Nc1nc(-c2cccs2)cs1. The zero-order valence-electron chi connectivity index (χ0n) is 9.18. The molecule has 2 rings (SSSR count). The van der Waals surface area contributed by atoms with Gasteiger partial charge >= 0.3 is 0 Å². The van der Waals surface area contributed by atoms with Crippen LogP contribution < -0.4 is 11.1 Å². The lowest BCUT2D eigenvalue weighted by Gasteiger charge is -1.99. The van der Waals surface area contributed by atoms with E-state index in [2.05, 4.69) is 10.3 Å². The average Bonchev–Trinajstić information content (AvgIpc) is 2.95. The van der Waals surface area contributed by atoms with E-state index in [1.807, 2.05) is 22.9 Å². The Morgan fingerprint density at radius 3 is 3.06 bits per heavy atom. The highest BCUT2D eigenvalue weighted by molar-refractivity contribution is 7.16. The van der Waals surface area contributed by atoms with Crippen LogP contribution in [0.3, 0.4) is 0 Å². The van der Waals surface area contributed by atoms with E-state index >= 15 is 0 Å². The van der Waals surface area contributed by atoms with Crippen LogP contribution in [0.5, 0.6) is 0 Å². The van der Waals surface area contributed by atoms with Crippen molar-refractivity contribution < 1.29 is 4.79 Å². The third-order valence-electron chi connectivity index (χ3n) is 2.13. The smallest absolute Gasteiger partial charge is 0.226 e. The number of hydrogen-bond acceptors (Lipinski definition) is 5. The van der Waals surface area contributed by atoms with Crippen molar-refractivity contribution in [3.63, 3.8) is 0 Å². The molecule has 2 aromatic rings. The summed E-state index contributed by atoms with van der Waals surface area (Å²) in [4.78, 5) is 17.0. The Labute approximate surface area is 107 Å². The van der Waals surface area contributed by atoms with E-state index in [-0.39, 0.29) is 5.91 Å². The molecule has 6 heteroatoms. The minimum Gasteiger partial charge on any atom is -0.330 e. The van der Waals surface area contributed by atoms with Crippen LogP contribution in [0.4, 0.5) is 5.13 Å². The van der Waals surface area contributed by atoms with E-state index in [4.69, 9.17) is 5.73 Å². The van der Waals surface area contributed by atoms with Crippen LogP contribution in [0.1, 0.15) is 12.8 Å². The lowest BCUT2D eigenvalue weighted by atomic mass is 10.3. The van der Waals surface area contributed by atoms with E-state index in [1.165, 1.54) is 11.3 Å². The van der Waals surface area contributed by atoms with Gasteiger partial charge in [-0.05, 0) is 24.4 Å². The molecule has 0 saturated carbocycles. The average molecular weight is 267 g/mol. The highest BCUT2D eigenvalue weighted by Gasteiger charge is 2.07. The Morgan fingerprint density at radius 2 is 2.35 bits per heavy atom. The number of carbonyl (C=O) groups excluding carboxylic acids is 1. The third-order valence-corrected chi connectivity index (χ3v) is 3.78. The van der Waals surface area contributed by atoms with E-state index in [0.29, 0.717) is 24.5 Å². The Balaban J connectivity index is 1.97. The molecule has 0 aliphatic heterocycles. The summed E-state index contributed by atoms with van der Waals surface area (Å²) < 4.78 is 0. The largest absolute Gasteiger partial charge is 0.330 e. The summed E-state index contributed by atoms with van der Waals surface area (Å²) in [5, 5.41) is 7.38. The van der Waals surface area contributed by atoms with Gasteiger partial charge < -0.3 is 11.1 Å². The lowest BCUT2D eigenvalue weighted by Crippen LogP contribution is -2.13. The molecule has 0 bridgehead atoms. The molecule has 17 heavy (non-hydrogen) atoms. The highest BCUT2D eigenvalue weighted by atomic mass is 32.1. The fourth-order valence-corrected chi connectivity index (χ4v) is 2.80. The molecular weight excluding hydrogens is 254 g/mol. The van der Waals surface area contributed by atoms with Gasteiger partial charge in [-0.3, -0.25) is 4.79 Å². The van der Waals surface area contributed by atoms with Crippen LogP contribution in [0.25, 0.3) is 10.6 Å². The third kappa shape index (κ3) is 3.36. The fourth-order valence-electron chi connectivity index (χ4n) is 1.31. The van der Waals surface area contributed by atoms with Crippen LogP contribution >= 0.6 is 22.7 Å². The summed E-state index contributed by atoms with van der Waals surface area (Å²) in [6.45, 7) is 0.533.